The summed E-state index contributed by atoms with van der Waals surface area (Å²) in [6, 6.07) is 24.3. The van der Waals surface area contributed by atoms with Gasteiger partial charge >= 0.3 is 0 Å². The quantitative estimate of drug-likeness (QED) is 0.194. The molecule has 3 heterocycles. The average molecular weight is 671 g/mol. The van der Waals surface area contributed by atoms with E-state index in [1.165, 1.54) is 32.7 Å². The van der Waals surface area contributed by atoms with E-state index in [2.05, 4.69) is 73.9 Å². The number of nitrogens with zero attached hydrogens (tertiary/aromatic N) is 2. The van der Waals surface area contributed by atoms with Gasteiger partial charge in [-0.05, 0) is 88.0 Å². The van der Waals surface area contributed by atoms with Gasteiger partial charge in [0.15, 0.2) is 0 Å². The van der Waals surface area contributed by atoms with Crippen LogP contribution in [0.5, 0.6) is 0 Å². The van der Waals surface area contributed by atoms with E-state index < -0.39 is 0 Å². The van der Waals surface area contributed by atoms with E-state index in [1.807, 2.05) is 12.1 Å². The number of ether oxygens (including phenoxy) is 1. The van der Waals surface area contributed by atoms with Gasteiger partial charge in [-0.15, -0.1) is 0 Å². The second kappa shape index (κ2) is 14.0. The van der Waals surface area contributed by atoms with E-state index in [9.17, 15) is 8.78 Å². The first-order chi connectivity index (χ1) is 22.7. The van der Waals surface area contributed by atoms with Crippen LogP contribution < -0.4 is 0 Å². The first-order valence-electron chi connectivity index (χ1n) is 17.0. The predicted molar refractivity (Wildman–Crippen MR) is 189 cm³/mol. The predicted octanol–water partition coefficient (Wildman–Crippen LogP) is 10.0. The maximum atomic E-state index is 14.3. The standard InChI is InChI=1S/C40H44F2N2OS2/c1-25(2)27-7-11-37-33(19-27)35(21-29-5-9-31(41)23-39(29)46-37)44-15-13-43(14-16-44)17-18-45-36-22-30-6-10-32(42)24-40(30)47-38-12-8-28(26(3)4)20-34(36)38/h5-12,19-20,23-26,35-36H,13-18,21-22H2,1-4H3. The Morgan fingerprint density at radius 1 is 0.660 bits per heavy atom. The molecule has 3 aliphatic rings. The molecule has 7 rings (SSSR count). The zero-order chi connectivity index (χ0) is 32.7. The third-order valence-corrected chi connectivity index (χ3v) is 12.4. The Hall–Kier alpha value is -2.68. The van der Waals surface area contributed by atoms with Crippen molar-refractivity contribution in [1.29, 1.82) is 0 Å². The molecule has 246 valence electrons. The highest BCUT2D eigenvalue weighted by Gasteiger charge is 2.31. The molecule has 0 aromatic heterocycles. The van der Waals surface area contributed by atoms with Crippen molar-refractivity contribution in [2.45, 2.75) is 84.1 Å². The van der Waals surface area contributed by atoms with Gasteiger partial charge in [0.05, 0.1) is 12.7 Å². The normalized spacial score (nSPS) is 19.9. The number of piperazine rings is 1. The molecule has 4 aromatic carbocycles. The number of hydrogen-bond donors (Lipinski definition) is 0. The molecule has 1 fully saturated rings. The largest absolute Gasteiger partial charge is 0.372 e. The summed E-state index contributed by atoms with van der Waals surface area (Å²) in [7, 11) is 0. The molecule has 0 bridgehead atoms. The minimum atomic E-state index is -0.195. The lowest BCUT2D eigenvalue weighted by atomic mass is 9.93. The van der Waals surface area contributed by atoms with Gasteiger partial charge in [0.25, 0.3) is 0 Å². The van der Waals surface area contributed by atoms with E-state index in [1.54, 1.807) is 47.8 Å². The van der Waals surface area contributed by atoms with Gasteiger partial charge in [0, 0.05) is 64.8 Å². The van der Waals surface area contributed by atoms with Crippen molar-refractivity contribution in [3.05, 3.63) is 118 Å². The third-order valence-electron chi connectivity index (χ3n) is 10.00. The summed E-state index contributed by atoms with van der Waals surface area (Å²) in [5, 5.41) is 0. The van der Waals surface area contributed by atoms with E-state index in [0.29, 0.717) is 18.4 Å². The number of hydrogen-bond acceptors (Lipinski definition) is 5. The Kier molecular flexibility index (Phi) is 9.82. The molecule has 1 saturated heterocycles. The lowest BCUT2D eigenvalue weighted by molar-refractivity contribution is 0.0204. The van der Waals surface area contributed by atoms with Crippen LogP contribution in [-0.2, 0) is 17.6 Å². The van der Waals surface area contributed by atoms with Crippen molar-refractivity contribution in [2.24, 2.45) is 0 Å². The number of fused-ring (bicyclic) bond motifs is 4. The molecule has 4 aromatic rings. The minimum absolute atomic E-state index is 0.0655. The van der Waals surface area contributed by atoms with Gasteiger partial charge in [0.1, 0.15) is 11.6 Å². The van der Waals surface area contributed by atoms with Crippen molar-refractivity contribution in [2.75, 3.05) is 39.3 Å². The Labute approximate surface area is 287 Å². The molecule has 0 N–H and O–H groups in total. The van der Waals surface area contributed by atoms with E-state index >= 15 is 0 Å². The summed E-state index contributed by atoms with van der Waals surface area (Å²) in [5.74, 6) is 0.516. The zero-order valence-electron chi connectivity index (χ0n) is 27.8. The monoisotopic (exact) mass is 670 g/mol. The molecule has 3 nitrogen and oxygen atoms in total. The van der Waals surface area contributed by atoms with E-state index in [0.717, 1.165) is 65.8 Å². The summed E-state index contributed by atoms with van der Waals surface area (Å²) in [4.78, 5) is 9.58. The number of halogens is 2. The summed E-state index contributed by atoms with van der Waals surface area (Å²) in [6.07, 6.45) is 1.57. The van der Waals surface area contributed by atoms with Crippen LogP contribution in [0.2, 0.25) is 0 Å². The van der Waals surface area contributed by atoms with Crippen molar-refractivity contribution >= 4 is 23.5 Å². The zero-order valence-corrected chi connectivity index (χ0v) is 29.4. The molecule has 0 aliphatic carbocycles. The van der Waals surface area contributed by atoms with Crippen LogP contribution in [0.1, 0.15) is 85.1 Å². The second-order valence-electron chi connectivity index (χ2n) is 13.8. The molecule has 7 heteroatoms. The van der Waals surface area contributed by atoms with Gasteiger partial charge in [-0.25, -0.2) is 8.78 Å². The second-order valence-corrected chi connectivity index (χ2v) is 15.9. The fourth-order valence-corrected chi connectivity index (χ4v) is 9.37. The van der Waals surface area contributed by atoms with Crippen LogP contribution in [-0.4, -0.2) is 49.1 Å². The van der Waals surface area contributed by atoms with Crippen molar-refractivity contribution in [3.8, 4) is 0 Å². The van der Waals surface area contributed by atoms with Crippen molar-refractivity contribution in [1.82, 2.24) is 9.80 Å². The smallest absolute Gasteiger partial charge is 0.124 e. The molecule has 0 spiro atoms. The highest BCUT2D eigenvalue weighted by atomic mass is 32.2. The number of rotatable bonds is 7. The van der Waals surface area contributed by atoms with Crippen LogP contribution in [0.4, 0.5) is 8.78 Å². The van der Waals surface area contributed by atoms with Crippen LogP contribution in [0.3, 0.4) is 0 Å². The van der Waals surface area contributed by atoms with Gasteiger partial charge in [0.2, 0.25) is 0 Å². The number of benzene rings is 4. The maximum Gasteiger partial charge on any atom is 0.124 e. The van der Waals surface area contributed by atoms with Crippen LogP contribution in [0, 0.1) is 11.6 Å². The van der Waals surface area contributed by atoms with Crippen molar-refractivity contribution < 1.29 is 13.5 Å². The topological polar surface area (TPSA) is 15.7 Å². The Morgan fingerprint density at radius 2 is 1.21 bits per heavy atom. The SMILES string of the molecule is CC(C)c1ccc2c(c1)C(OCCN1CCN(C3Cc4ccc(F)cc4Sc4ccc(C(C)C)cc43)CC1)Cc1ccc(F)cc1S2. The van der Waals surface area contributed by atoms with Crippen molar-refractivity contribution in [3.63, 3.8) is 0 Å². The fraction of sp³-hybridized carbons (Fsp3) is 0.400. The lowest BCUT2D eigenvalue weighted by Crippen LogP contribution is -2.48. The first-order valence-corrected chi connectivity index (χ1v) is 18.6. The molecule has 2 unspecified atom stereocenters. The molecule has 0 radical (unpaired) electrons. The molecule has 2 atom stereocenters. The van der Waals surface area contributed by atoms with Crippen LogP contribution in [0.15, 0.2) is 92.4 Å². The highest BCUT2D eigenvalue weighted by Crippen LogP contribution is 2.45. The van der Waals surface area contributed by atoms with Crippen LogP contribution >= 0.6 is 23.5 Å². The highest BCUT2D eigenvalue weighted by molar-refractivity contribution is 7.99. The Bertz CT molecular complexity index is 1750. The average Bonchev–Trinajstić information content (AvgIpc) is 3.31. The van der Waals surface area contributed by atoms with Crippen LogP contribution in [0.25, 0.3) is 0 Å². The minimum Gasteiger partial charge on any atom is -0.372 e. The van der Waals surface area contributed by atoms with E-state index in [4.69, 9.17) is 4.74 Å². The summed E-state index contributed by atoms with van der Waals surface area (Å²) >= 11 is 3.37. The summed E-state index contributed by atoms with van der Waals surface area (Å²) in [5.41, 5.74) is 7.62. The third kappa shape index (κ3) is 7.20. The fourth-order valence-electron chi connectivity index (χ4n) is 7.10. The van der Waals surface area contributed by atoms with Gasteiger partial charge in [-0.2, -0.15) is 0 Å². The first kappa shape index (κ1) is 32.8. The molecule has 47 heavy (non-hydrogen) atoms. The Morgan fingerprint density at radius 3 is 1.81 bits per heavy atom. The van der Waals surface area contributed by atoms with Gasteiger partial charge < -0.3 is 4.74 Å². The molecular formula is C40H44F2N2OS2. The van der Waals surface area contributed by atoms with Gasteiger partial charge in [-0.1, -0.05) is 87.6 Å². The maximum absolute atomic E-state index is 14.3. The van der Waals surface area contributed by atoms with Gasteiger partial charge in [-0.3, -0.25) is 9.80 Å². The lowest BCUT2D eigenvalue weighted by Gasteiger charge is -2.40. The molecular weight excluding hydrogens is 627 g/mol. The summed E-state index contributed by atoms with van der Waals surface area (Å²) in [6.45, 7) is 14.4. The van der Waals surface area contributed by atoms with E-state index in [-0.39, 0.29) is 23.8 Å². The molecule has 3 aliphatic heterocycles. The Balaban J connectivity index is 1.04. The molecule has 0 saturated carbocycles. The molecule has 0 amide bonds. The summed E-state index contributed by atoms with van der Waals surface area (Å²) < 4.78 is 35.1.